The number of amides is 1. The minimum Gasteiger partial charge on any atom is -0.384 e. The Kier molecular flexibility index (Phi) is 7.24. The van der Waals surface area contributed by atoms with E-state index < -0.39 is 5.41 Å². The minimum atomic E-state index is -0.401. The maximum atomic E-state index is 12.9. The SMILES string of the molecule is COCC1(C(=O)NCc2cccc(CN3CCOC(C)C3)c2)CCNCC1. The van der Waals surface area contributed by atoms with Gasteiger partial charge < -0.3 is 20.1 Å². The average molecular weight is 376 g/mol. The van der Waals surface area contributed by atoms with Crippen LogP contribution in [0, 0.1) is 5.41 Å². The number of nitrogens with zero attached hydrogens (tertiary/aromatic N) is 1. The summed E-state index contributed by atoms with van der Waals surface area (Å²) in [6.45, 7) is 8.56. The van der Waals surface area contributed by atoms with Crippen LogP contribution >= 0.6 is 0 Å². The molecule has 0 bridgehead atoms. The van der Waals surface area contributed by atoms with Crippen molar-refractivity contribution in [1.82, 2.24) is 15.5 Å². The molecule has 150 valence electrons. The zero-order valence-corrected chi connectivity index (χ0v) is 16.6. The van der Waals surface area contributed by atoms with Gasteiger partial charge in [-0.15, -0.1) is 0 Å². The van der Waals surface area contributed by atoms with Crippen LogP contribution in [0.2, 0.25) is 0 Å². The van der Waals surface area contributed by atoms with E-state index in [-0.39, 0.29) is 5.91 Å². The molecule has 0 spiro atoms. The summed E-state index contributed by atoms with van der Waals surface area (Å²) in [4.78, 5) is 15.3. The summed E-state index contributed by atoms with van der Waals surface area (Å²) < 4.78 is 11.0. The lowest BCUT2D eigenvalue weighted by Gasteiger charge is -2.35. The maximum absolute atomic E-state index is 12.9. The average Bonchev–Trinajstić information content (AvgIpc) is 2.67. The summed E-state index contributed by atoms with van der Waals surface area (Å²) >= 11 is 0. The molecule has 2 N–H and O–H groups in total. The highest BCUT2D eigenvalue weighted by Crippen LogP contribution is 2.29. The molecule has 2 fully saturated rings. The molecule has 27 heavy (non-hydrogen) atoms. The molecular weight excluding hydrogens is 342 g/mol. The fourth-order valence-electron chi connectivity index (χ4n) is 4.12. The largest absolute Gasteiger partial charge is 0.384 e. The Morgan fingerprint density at radius 1 is 1.37 bits per heavy atom. The van der Waals surface area contributed by atoms with E-state index in [0.29, 0.717) is 19.3 Å². The first-order valence-electron chi connectivity index (χ1n) is 10.0. The molecule has 1 aromatic rings. The molecule has 1 unspecified atom stereocenters. The third kappa shape index (κ3) is 5.51. The van der Waals surface area contributed by atoms with Gasteiger partial charge in [0.2, 0.25) is 5.91 Å². The molecule has 6 nitrogen and oxygen atoms in total. The lowest BCUT2D eigenvalue weighted by molar-refractivity contribution is -0.136. The number of hydrogen-bond acceptors (Lipinski definition) is 5. The highest BCUT2D eigenvalue weighted by molar-refractivity contribution is 5.83. The number of carbonyl (C=O) groups excluding carboxylic acids is 1. The quantitative estimate of drug-likeness (QED) is 0.757. The molecule has 6 heteroatoms. The number of piperidine rings is 1. The van der Waals surface area contributed by atoms with Crippen molar-refractivity contribution in [1.29, 1.82) is 0 Å². The lowest BCUT2D eigenvalue weighted by atomic mass is 9.78. The van der Waals surface area contributed by atoms with Crippen LogP contribution in [0.1, 0.15) is 30.9 Å². The van der Waals surface area contributed by atoms with Gasteiger partial charge in [0.05, 0.1) is 24.7 Å². The highest BCUT2D eigenvalue weighted by atomic mass is 16.5. The van der Waals surface area contributed by atoms with Gasteiger partial charge in [-0.3, -0.25) is 9.69 Å². The molecule has 0 radical (unpaired) electrons. The van der Waals surface area contributed by atoms with Crippen molar-refractivity contribution in [2.75, 3.05) is 46.5 Å². The molecule has 2 saturated heterocycles. The third-order valence-electron chi connectivity index (χ3n) is 5.64. The van der Waals surface area contributed by atoms with Crippen LogP contribution in [0.4, 0.5) is 0 Å². The first-order chi connectivity index (χ1) is 13.1. The molecule has 1 amide bonds. The Bertz CT molecular complexity index is 611. The van der Waals surface area contributed by atoms with E-state index in [2.05, 4.69) is 46.7 Å². The van der Waals surface area contributed by atoms with Gasteiger partial charge in [-0.1, -0.05) is 24.3 Å². The van der Waals surface area contributed by atoms with Gasteiger partial charge in [0.25, 0.3) is 0 Å². The molecule has 2 aliphatic rings. The number of rotatable bonds is 7. The summed E-state index contributed by atoms with van der Waals surface area (Å²) in [7, 11) is 1.67. The molecule has 2 aliphatic heterocycles. The summed E-state index contributed by atoms with van der Waals surface area (Å²) in [6, 6.07) is 8.52. The Hall–Kier alpha value is -1.47. The normalized spacial score (nSPS) is 23.1. The predicted molar refractivity (Wildman–Crippen MR) is 105 cm³/mol. The van der Waals surface area contributed by atoms with Gasteiger partial charge in [-0.25, -0.2) is 0 Å². The van der Waals surface area contributed by atoms with Crippen LogP contribution in [-0.2, 0) is 27.4 Å². The summed E-state index contributed by atoms with van der Waals surface area (Å²) in [6.07, 6.45) is 1.94. The van der Waals surface area contributed by atoms with Gasteiger partial charge in [-0.2, -0.15) is 0 Å². The summed E-state index contributed by atoms with van der Waals surface area (Å²) in [5.41, 5.74) is 2.02. The zero-order valence-electron chi connectivity index (χ0n) is 16.6. The summed E-state index contributed by atoms with van der Waals surface area (Å²) in [5, 5.41) is 6.48. The molecule has 0 saturated carbocycles. The van der Waals surface area contributed by atoms with Gasteiger partial charge in [0.1, 0.15) is 0 Å². The fourth-order valence-corrected chi connectivity index (χ4v) is 4.12. The van der Waals surface area contributed by atoms with Gasteiger partial charge in [0, 0.05) is 33.3 Å². The summed E-state index contributed by atoms with van der Waals surface area (Å²) in [5.74, 6) is 0.109. The first kappa shape index (κ1) is 20.3. The van der Waals surface area contributed by atoms with Crippen LogP contribution in [0.25, 0.3) is 0 Å². The van der Waals surface area contributed by atoms with Crippen molar-refractivity contribution in [2.24, 2.45) is 5.41 Å². The van der Waals surface area contributed by atoms with Crippen LogP contribution in [0.3, 0.4) is 0 Å². The number of benzene rings is 1. The van der Waals surface area contributed by atoms with Crippen molar-refractivity contribution in [3.63, 3.8) is 0 Å². The number of carbonyl (C=O) groups is 1. The molecule has 0 aromatic heterocycles. The Labute approximate surface area is 162 Å². The molecule has 2 heterocycles. The maximum Gasteiger partial charge on any atom is 0.228 e. The van der Waals surface area contributed by atoms with Crippen molar-refractivity contribution in [3.05, 3.63) is 35.4 Å². The van der Waals surface area contributed by atoms with E-state index in [1.165, 1.54) is 5.56 Å². The van der Waals surface area contributed by atoms with Crippen LogP contribution < -0.4 is 10.6 Å². The predicted octanol–water partition coefficient (Wildman–Crippen LogP) is 1.54. The second-order valence-electron chi connectivity index (χ2n) is 7.88. The second-order valence-corrected chi connectivity index (χ2v) is 7.88. The van der Waals surface area contributed by atoms with Crippen LogP contribution in [-0.4, -0.2) is 63.4 Å². The zero-order chi connectivity index (χ0) is 19.1. The van der Waals surface area contributed by atoms with Crippen molar-refractivity contribution >= 4 is 5.91 Å². The van der Waals surface area contributed by atoms with Crippen molar-refractivity contribution in [3.8, 4) is 0 Å². The lowest BCUT2D eigenvalue weighted by Crippen LogP contribution is -2.49. The Morgan fingerprint density at radius 2 is 2.15 bits per heavy atom. The smallest absolute Gasteiger partial charge is 0.228 e. The number of ether oxygens (including phenoxy) is 2. The molecule has 1 aromatic carbocycles. The van der Waals surface area contributed by atoms with Gasteiger partial charge in [0.15, 0.2) is 0 Å². The standard InChI is InChI=1S/C21H33N3O3/c1-17-14-24(10-11-27-17)15-19-5-3-4-18(12-19)13-23-20(25)21(16-26-2)6-8-22-9-7-21/h3-5,12,17,22H,6-11,13-16H2,1-2H3,(H,23,25). The van der Waals surface area contributed by atoms with E-state index in [0.717, 1.165) is 57.7 Å². The van der Waals surface area contributed by atoms with E-state index in [4.69, 9.17) is 9.47 Å². The van der Waals surface area contributed by atoms with Gasteiger partial charge >= 0.3 is 0 Å². The Balaban J connectivity index is 1.56. The Morgan fingerprint density at radius 3 is 2.89 bits per heavy atom. The van der Waals surface area contributed by atoms with E-state index >= 15 is 0 Å². The monoisotopic (exact) mass is 375 g/mol. The van der Waals surface area contributed by atoms with E-state index in [9.17, 15) is 4.79 Å². The number of hydrogen-bond donors (Lipinski definition) is 2. The molecule has 3 rings (SSSR count). The van der Waals surface area contributed by atoms with Crippen LogP contribution in [0.15, 0.2) is 24.3 Å². The first-order valence-corrected chi connectivity index (χ1v) is 10.0. The topological polar surface area (TPSA) is 62.8 Å². The van der Waals surface area contributed by atoms with E-state index in [1.54, 1.807) is 7.11 Å². The number of methoxy groups -OCH3 is 1. The third-order valence-corrected chi connectivity index (χ3v) is 5.64. The molecular formula is C21H33N3O3. The minimum absolute atomic E-state index is 0.109. The fraction of sp³-hybridized carbons (Fsp3) is 0.667. The van der Waals surface area contributed by atoms with Crippen molar-refractivity contribution in [2.45, 2.75) is 39.0 Å². The van der Waals surface area contributed by atoms with Crippen molar-refractivity contribution < 1.29 is 14.3 Å². The number of morpholine rings is 1. The van der Waals surface area contributed by atoms with Gasteiger partial charge in [-0.05, 0) is 44.0 Å². The van der Waals surface area contributed by atoms with Crippen LogP contribution in [0.5, 0.6) is 0 Å². The highest BCUT2D eigenvalue weighted by Gasteiger charge is 2.39. The second kappa shape index (κ2) is 9.64. The molecule has 0 aliphatic carbocycles. The molecule has 1 atom stereocenters. The van der Waals surface area contributed by atoms with E-state index in [1.807, 2.05) is 0 Å². The number of nitrogens with one attached hydrogen (secondary N) is 2.